The van der Waals surface area contributed by atoms with E-state index in [-0.39, 0.29) is 23.1 Å². The third-order valence-corrected chi connectivity index (χ3v) is 2.82. The van der Waals surface area contributed by atoms with Crippen LogP contribution in [0.1, 0.15) is 17.4 Å². The fourth-order valence-electron chi connectivity index (χ4n) is 1.43. The number of esters is 1. The van der Waals surface area contributed by atoms with Gasteiger partial charge in [0.1, 0.15) is 10.4 Å². The average molecular weight is 349 g/mol. The molecule has 0 aliphatic carbocycles. The maximum absolute atomic E-state index is 13.0. The second-order valence-corrected chi connectivity index (χ2v) is 4.66. The number of hydrogen-bond acceptors (Lipinski definition) is 4. The molecule has 2 aromatic heterocycles. The molecule has 0 radical (unpaired) electrons. The number of nitrogens with zero attached hydrogens (tertiary/aromatic N) is 3. The molecular formula is C11H8BrClFN3O2. The monoisotopic (exact) mass is 347 g/mol. The van der Waals surface area contributed by atoms with Crippen molar-refractivity contribution in [2.24, 2.45) is 0 Å². The molecule has 2 heterocycles. The van der Waals surface area contributed by atoms with E-state index in [0.717, 1.165) is 12.3 Å². The van der Waals surface area contributed by atoms with Crippen LogP contribution < -0.4 is 0 Å². The average Bonchev–Trinajstić information content (AvgIpc) is 2.71. The second kappa shape index (κ2) is 5.66. The van der Waals surface area contributed by atoms with Gasteiger partial charge in [0.25, 0.3) is 0 Å². The lowest BCUT2D eigenvalue weighted by Gasteiger charge is -2.07. The number of hydrogen-bond donors (Lipinski definition) is 0. The maximum atomic E-state index is 13.0. The molecule has 2 aromatic rings. The molecule has 0 amide bonds. The lowest BCUT2D eigenvalue weighted by Crippen LogP contribution is -2.13. The molecule has 0 saturated heterocycles. The lowest BCUT2D eigenvalue weighted by atomic mass is 10.4. The standard InChI is InChI=1S/C11H8BrClFN3O2/c1-2-19-11(18)8-4-9(12)16-17(8)10-7(13)3-6(14)5-15-10/h3-5H,2H2,1H3. The first-order chi connectivity index (χ1) is 9.02. The van der Waals surface area contributed by atoms with Gasteiger partial charge in [-0.1, -0.05) is 11.6 Å². The number of carbonyl (C=O) groups is 1. The Kier molecular flexibility index (Phi) is 4.16. The van der Waals surface area contributed by atoms with Crippen molar-refractivity contribution in [3.63, 3.8) is 0 Å². The van der Waals surface area contributed by atoms with E-state index in [1.54, 1.807) is 6.92 Å². The predicted molar refractivity (Wildman–Crippen MR) is 70.0 cm³/mol. The summed E-state index contributed by atoms with van der Waals surface area (Å²) in [4.78, 5) is 15.6. The molecule has 100 valence electrons. The van der Waals surface area contributed by atoms with E-state index in [0.29, 0.717) is 4.60 Å². The van der Waals surface area contributed by atoms with Gasteiger partial charge >= 0.3 is 5.97 Å². The molecule has 0 unspecified atom stereocenters. The van der Waals surface area contributed by atoms with Crippen LogP contribution in [0.2, 0.25) is 5.02 Å². The molecule has 0 fully saturated rings. The first-order valence-electron chi connectivity index (χ1n) is 5.27. The largest absolute Gasteiger partial charge is 0.461 e. The van der Waals surface area contributed by atoms with Crippen LogP contribution >= 0.6 is 27.5 Å². The van der Waals surface area contributed by atoms with E-state index in [1.165, 1.54) is 10.7 Å². The summed E-state index contributed by atoms with van der Waals surface area (Å²) in [5.74, 6) is -0.989. The number of aromatic nitrogens is 3. The smallest absolute Gasteiger partial charge is 0.357 e. The minimum absolute atomic E-state index is 0.0427. The summed E-state index contributed by atoms with van der Waals surface area (Å²) in [6, 6.07) is 2.56. The van der Waals surface area contributed by atoms with Crippen molar-refractivity contribution in [3.05, 3.63) is 39.5 Å². The van der Waals surface area contributed by atoms with Crippen LogP contribution in [0, 0.1) is 5.82 Å². The third kappa shape index (κ3) is 2.93. The highest BCUT2D eigenvalue weighted by molar-refractivity contribution is 9.10. The molecular weight excluding hydrogens is 340 g/mol. The molecule has 0 atom stereocenters. The minimum atomic E-state index is -0.572. The Morgan fingerprint density at radius 2 is 2.32 bits per heavy atom. The zero-order chi connectivity index (χ0) is 14.0. The molecule has 0 aromatic carbocycles. The second-order valence-electron chi connectivity index (χ2n) is 3.44. The topological polar surface area (TPSA) is 57.0 Å². The van der Waals surface area contributed by atoms with Gasteiger partial charge in [-0.3, -0.25) is 0 Å². The van der Waals surface area contributed by atoms with Crippen LogP contribution in [0.25, 0.3) is 5.82 Å². The van der Waals surface area contributed by atoms with Crippen molar-refractivity contribution in [2.45, 2.75) is 6.92 Å². The Hall–Kier alpha value is -1.47. The highest BCUT2D eigenvalue weighted by atomic mass is 79.9. The maximum Gasteiger partial charge on any atom is 0.357 e. The Labute approximate surface area is 121 Å². The summed E-state index contributed by atoms with van der Waals surface area (Å²) in [5, 5.41) is 4.08. The van der Waals surface area contributed by atoms with Crippen LogP contribution in [-0.2, 0) is 4.74 Å². The SMILES string of the molecule is CCOC(=O)c1cc(Br)nn1-c1ncc(F)cc1Cl. The molecule has 0 aliphatic rings. The van der Waals surface area contributed by atoms with Gasteiger partial charge in [-0.25, -0.2) is 18.9 Å². The summed E-state index contributed by atoms with van der Waals surface area (Å²) >= 11 is 9.05. The van der Waals surface area contributed by atoms with Crippen LogP contribution in [-0.4, -0.2) is 27.3 Å². The fraction of sp³-hybridized carbons (Fsp3) is 0.182. The number of rotatable bonds is 3. The summed E-state index contributed by atoms with van der Waals surface area (Å²) in [6.45, 7) is 1.92. The number of carbonyl (C=O) groups excluding carboxylic acids is 1. The van der Waals surface area contributed by atoms with Crippen LogP contribution in [0.3, 0.4) is 0 Å². The Morgan fingerprint density at radius 3 is 2.95 bits per heavy atom. The van der Waals surface area contributed by atoms with Gasteiger partial charge in [-0.05, 0) is 28.9 Å². The molecule has 0 bridgehead atoms. The van der Waals surface area contributed by atoms with E-state index in [2.05, 4.69) is 26.0 Å². The van der Waals surface area contributed by atoms with E-state index in [9.17, 15) is 9.18 Å². The van der Waals surface area contributed by atoms with E-state index >= 15 is 0 Å². The third-order valence-electron chi connectivity index (χ3n) is 2.15. The Balaban J connectivity index is 2.52. The van der Waals surface area contributed by atoms with E-state index in [4.69, 9.17) is 16.3 Å². The summed E-state index contributed by atoms with van der Waals surface area (Å²) < 4.78 is 19.5. The van der Waals surface area contributed by atoms with Gasteiger partial charge in [0.2, 0.25) is 0 Å². The number of pyridine rings is 1. The molecule has 2 rings (SSSR count). The highest BCUT2D eigenvalue weighted by Gasteiger charge is 2.19. The fourth-order valence-corrected chi connectivity index (χ4v) is 2.04. The van der Waals surface area contributed by atoms with E-state index < -0.39 is 11.8 Å². The van der Waals surface area contributed by atoms with Gasteiger partial charge < -0.3 is 4.74 Å². The van der Waals surface area contributed by atoms with Crippen molar-refractivity contribution in [1.29, 1.82) is 0 Å². The minimum Gasteiger partial charge on any atom is -0.461 e. The Bertz CT molecular complexity index is 632. The molecule has 0 spiro atoms. The number of halogens is 3. The zero-order valence-corrected chi connectivity index (χ0v) is 12.1. The molecule has 0 saturated carbocycles. The highest BCUT2D eigenvalue weighted by Crippen LogP contribution is 2.22. The normalized spacial score (nSPS) is 10.5. The summed E-state index contributed by atoms with van der Waals surface area (Å²) in [6.07, 6.45) is 0.992. The summed E-state index contributed by atoms with van der Waals surface area (Å²) in [5.41, 5.74) is 0.148. The lowest BCUT2D eigenvalue weighted by molar-refractivity contribution is 0.0515. The van der Waals surface area contributed by atoms with Crippen molar-refractivity contribution in [2.75, 3.05) is 6.61 Å². The van der Waals surface area contributed by atoms with Gasteiger partial charge in [-0.2, -0.15) is 5.10 Å². The first kappa shape index (κ1) is 14.0. The molecule has 0 aliphatic heterocycles. The van der Waals surface area contributed by atoms with Crippen LogP contribution in [0.5, 0.6) is 0 Å². The predicted octanol–water partition coefficient (Wildman–Crippen LogP) is 3.00. The van der Waals surface area contributed by atoms with Gasteiger partial charge in [0, 0.05) is 6.07 Å². The van der Waals surface area contributed by atoms with Crippen molar-refractivity contribution in [3.8, 4) is 5.82 Å². The van der Waals surface area contributed by atoms with Gasteiger partial charge in [-0.15, -0.1) is 0 Å². The van der Waals surface area contributed by atoms with Crippen molar-refractivity contribution < 1.29 is 13.9 Å². The first-order valence-corrected chi connectivity index (χ1v) is 6.44. The molecule has 0 N–H and O–H groups in total. The molecule has 19 heavy (non-hydrogen) atoms. The van der Waals surface area contributed by atoms with Crippen molar-refractivity contribution >= 4 is 33.5 Å². The van der Waals surface area contributed by atoms with Crippen LogP contribution in [0.4, 0.5) is 4.39 Å². The van der Waals surface area contributed by atoms with Crippen LogP contribution in [0.15, 0.2) is 22.9 Å². The quantitative estimate of drug-likeness (QED) is 0.800. The van der Waals surface area contributed by atoms with E-state index in [1.807, 2.05) is 0 Å². The molecule has 8 heteroatoms. The van der Waals surface area contributed by atoms with Gasteiger partial charge in [0.05, 0.1) is 17.8 Å². The Morgan fingerprint density at radius 1 is 1.58 bits per heavy atom. The van der Waals surface area contributed by atoms with Gasteiger partial charge in [0.15, 0.2) is 11.5 Å². The summed E-state index contributed by atoms with van der Waals surface area (Å²) in [7, 11) is 0. The number of ether oxygens (including phenoxy) is 1. The molecule has 5 nitrogen and oxygen atoms in total. The zero-order valence-electron chi connectivity index (χ0n) is 9.73. The van der Waals surface area contributed by atoms with Crippen molar-refractivity contribution in [1.82, 2.24) is 14.8 Å².